The fourth-order valence-corrected chi connectivity index (χ4v) is 1.95. The maximum absolute atomic E-state index is 8.69. The summed E-state index contributed by atoms with van der Waals surface area (Å²) in [5.41, 5.74) is 2.60. The second-order valence-corrected chi connectivity index (χ2v) is 4.58. The Labute approximate surface area is 113 Å². The van der Waals surface area contributed by atoms with Crippen molar-refractivity contribution in [2.75, 3.05) is 0 Å². The van der Waals surface area contributed by atoms with Crippen molar-refractivity contribution in [3.05, 3.63) is 59.0 Å². The van der Waals surface area contributed by atoms with E-state index >= 15 is 0 Å². The third kappa shape index (κ3) is 3.46. The molecular formula is C16H18N2O. The van der Waals surface area contributed by atoms with E-state index in [9.17, 15) is 0 Å². The van der Waals surface area contributed by atoms with Gasteiger partial charge in [0.1, 0.15) is 11.8 Å². The van der Waals surface area contributed by atoms with Gasteiger partial charge in [0, 0.05) is 6.04 Å². The van der Waals surface area contributed by atoms with Gasteiger partial charge in [-0.25, -0.2) is 0 Å². The minimum absolute atomic E-state index is 0.251. The standard InChI is InChI=1S/C16H18N2O/c1-3-13-4-6-14(7-5-13)12(2)18-11-16-9-8-15(10-17)19-16/h4-9,12,18H,3,11H2,1-2H3. The Morgan fingerprint density at radius 2 is 1.95 bits per heavy atom. The molecule has 2 aromatic rings. The summed E-state index contributed by atoms with van der Waals surface area (Å²) in [6, 6.07) is 14.4. The van der Waals surface area contributed by atoms with Crippen molar-refractivity contribution in [1.82, 2.24) is 5.32 Å². The summed E-state index contributed by atoms with van der Waals surface area (Å²) in [4.78, 5) is 0. The van der Waals surface area contributed by atoms with Gasteiger partial charge in [-0.2, -0.15) is 5.26 Å². The van der Waals surface area contributed by atoms with Crippen LogP contribution in [0, 0.1) is 11.3 Å². The van der Waals surface area contributed by atoms with Crippen LogP contribution in [0.4, 0.5) is 0 Å². The van der Waals surface area contributed by atoms with Crippen molar-refractivity contribution < 1.29 is 4.42 Å². The van der Waals surface area contributed by atoms with Crippen molar-refractivity contribution in [2.45, 2.75) is 32.9 Å². The Morgan fingerprint density at radius 1 is 1.21 bits per heavy atom. The Balaban J connectivity index is 1.93. The predicted molar refractivity (Wildman–Crippen MR) is 74.5 cm³/mol. The van der Waals surface area contributed by atoms with Crippen LogP contribution in [0.1, 0.15) is 42.5 Å². The number of furan rings is 1. The van der Waals surface area contributed by atoms with E-state index < -0.39 is 0 Å². The summed E-state index contributed by atoms with van der Waals surface area (Å²) >= 11 is 0. The largest absolute Gasteiger partial charge is 0.449 e. The monoisotopic (exact) mass is 254 g/mol. The van der Waals surface area contributed by atoms with Gasteiger partial charge in [-0.3, -0.25) is 0 Å². The highest BCUT2D eigenvalue weighted by atomic mass is 16.3. The topological polar surface area (TPSA) is 49.0 Å². The van der Waals surface area contributed by atoms with E-state index in [2.05, 4.69) is 43.4 Å². The molecule has 19 heavy (non-hydrogen) atoms. The summed E-state index contributed by atoms with van der Waals surface area (Å²) in [6.45, 7) is 4.90. The highest BCUT2D eigenvalue weighted by molar-refractivity contribution is 5.25. The lowest BCUT2D eigenvalue weighted by atomic mass is 10.1. The van der Waals surface area contributed by atoms with Crippen LogP contribution in [0.15, 0.2) is 40.8 Å². The average Bonchev–Trinajstić information content (AvgIpc) is 2.93. The van der Waals surface area contributed by atoms with Crippen molar-refractivity contribution in [3.63, 3.8) is 0 Å². The lowest BCUT2D eigenvalue weighted by Gasteiger charge is -2.13. The highest BCUT2D eigenvalue weighted by Crippen LogP contribution is 2.15. The Kier molecular flexibility index (Phi) is 4.38. The van der Waals surface area contributed by atoms with Crippen molar-refractivity contribution >= 4 is 0 Å². The average molecular weight is 254 g/mol. The molecule has 0 amide bonds. The van der Waals surface area contributed by atoms with Gasteiger partial charge in [0.05, 0.1) is 6.54 Å². The summed E-state index contributed by atoms with van der Waals surface area (Å²) < 4.78 is 5.33. The number of aryl methyl sites for hydroxylation is 1. The molecule has 0 spiro atoms. The number of rotatable bonds is 5. The molecule has 1 aromatic heterocycles. The first-order valence-electron chi connectivity index (χ1n) is 6.54. The fraction of sp³-hybridized carbons (Fsp3) is 0.312. The molecule has 1 N–H and O–H groups in total. The zero-order chi connectivity index (χ0) is 13.7. The molecule has 2 rings (SSSR count). The highest BCUT2D eigenvalue weighted by Gasteiger charge is 2.06. The summed E-state index contributed by atoms with van der Waals surface area (Å²) in [6.07, 6.45) is 1.06. The number of nitrogens with zero attached hydrogens (tertiary/aromatic N) is 1. The molecule has 0 saturated carbocycles. The SMILES string of the molecule is CCc1ccc(C(C)NCc2ccc(C#N)o2)cc1. The molecule has 1 heterocycles. The van der Waals surface area contributed by atoms with Gasteiger partial charge < -0.3 is 9.73 Å². The third-order valence-electron chi connectivity index (χ3n) is 3.24. The summed E-state index contributed by atoms with van der Waals surface area (Å²) in [7, 11) is 0. The number of benzene rings is 1. The number of hydrogen-bond acceptors (Lipinski definition) is 3. The van der Waals surface area contributed by atoms with Crippen LogP contribution in [0.2, 0.25) is 0 Å². The molecule has 0 radical (unpaired) electrons. The smallest absolute Gasteiger partial charge is 0.203 e. The van der Waals surface area contributed by atoms with Crippen molar-refractivity contribution in [1.29, 1.82) is 5.26 Å². The van der Waals surface area contributed by atoms with E-state index in [1.165, 1.54) is 11.1 Å². The molecule has 3 nitrogen and oxygen atoms in total. The Morgan fingerprint density at radius 3 is 2.53 bits per heavy atom. The minimum Gasteiger partial charge on any atom is -0.449 e. The molecule has 0 aliphatic heterocycles. The molecule has 0 aliphatic rings. The molecule has 98 valence electrons. The van der Waals surface area contributed by atoms with Crippen LogP contribution in [0.25, 0.3) is 0 Å². The molecule has 0 saturated heterocycles. The van der Waals surface area contributed by atoms with Crippen molar-refractivity contribution in [2.24, 2.45) is 0 Å². The van der Waals surface area contributed by atoms with E-state index in [0.29, 0.717) is 12.3 Å². The van der Waals surface area contributed by atoms with E-state index in [-0.39, 0.29) is 6.04 Å². The molecule has 0 bridgehead atoms. The lowest BCUT2D eigenvalue weighted by molar-refractivity contribution is 0.453. The van der Waals surface area contributed by atoms with Crippen LogP contribution in [-0.4, -0.2) is 0 Å². The van der Waals surface area contributed by atoms with E-state index in [1.807, 2.05) is 12.1 Å². The van der Waals surface area contributed by atoms with Gasteiger partial charge in [-0.05, 0) is 36.6 Å². The minimum atomic E-state index is 0.251. The van der Waals surface area contributed by atoms with Gasteiger partial charge in [-0.15, -0.1) is 0 Å². The normalized spacial score (nSPS) is 12.1. The quantitative estimate of drug-likeness (QED) is 0.887. The molecule has 0 fully saturated rings. The van der Waals surface area contributed by atoms with Crippen molar-refractivity contribution in [3.8, 4) is 6.07 Å². The Hall–Kier alpha value is -2.05. The molecule has 1 atom stereocenters. The van der Waals surface area contributed by atoms with Gasteiger partial charge in [-0.1, -0.05) is 31.2 Å². The molecule has 1 unspecified atom stereocenters. The van der Waals surface area contributed by atoms with Gasteiger partial charge in [0.2, 0.25) is 5.76 Å². The summed E-state index contributed by atoms with van der Waals surface area (Å²) in [5.74, 6) is 1.14. The maximum atomic E-state index is 8.69. The first kappa shape index (κ1) is 13.4. The van der Waals surface area contributed by atoms with Crippen LogP contribution >= 0.6 is 0 Å². The first-order chi connectivity index (χ1) is 9.22. The van der Waals surface area contributed by atoms with Crippen LogP contribution < -0.4 is 5.32 Å². The summed E-state index contributed by atoms with van der Waals surface area (Å²) in [5, 5.41) is 12.1. The fourth-order valence-electron chi connectivity index (χ4n) is 1.95. The van der Waals surface area contributed by atoms with Gasteiger partial charge in [0.25, 0.3) is 0 Å². The van der Waals surface area contributed by atoms with E-state index in [4.69, 9.17) is 9.68 Å². The molecule has 0 aliphatic carbocycles. The molecule has 3 heteroatoms. The zero-order valence-electron chi connectivity index (χ0n) is 11.3. The second-order valence-electron chi connectivity index (χ2n) is 4.58. The molecular weight excluding hydrogens is 236 g/mol. The van der Waals surface area contributed by atoms with Crippen LogP contribution in [-0.2, 0) is 13.0 Å². The first-order valence-corrected chi connectivity index (χ1v) is 6.54. The van der Waals surface area contributed by atoms with Crippen LogP contribution in [0.5, 0.6) is 0 Å². The predicted octanol–water partition coefficient (Wildman–Crippen LogP) is 3.56. The molecule has 1 aromatic carbocycles. The lowest BCUT2D eigenvalue weighted by Crippen LogP contribution is -2.17. The van der Waals surface area contributed by atoms with E-state index in [1.54, 1.807) is 6.07 Å². The Bertz CT molecular complexity index is 563. The number of hydrogen-bond donors (Lipinski definition) is 1. The van der Waals surface area contributed by atoms with Crippen LogP contribution in [0.3, 0.4) is 0 Å². The van der Waals surface area contributed by atoms with Gasteiger partial charge in [0.15, 0.2) is 0 Å². The zero-order valence-corrected chi connectivity index (χ0v) is 11.3. The second kappa shape index (κ2) is 6.21. The third-order valence-corrected chi connectivity index (χ3v) is 3.24. The maximum Gasteiger partial charge on any atom is 0.203 e. The number of nitrogens with one attached hydrogen (secondary N) is 1. The van der Waals surface area contributed by atoms with E-state index in [0.717, 1.165) is 12.2 Å². The number of nitriles is 1. The van der Waals surface area contributed by atoms with Gasteiger partial charge >= 0.3 is 0 Å².